The van der Waals surface area contributed by atoms with Crippen LogP contribution in [0.4, 0.5) is 25.0 Å². The van der Waals surface area contributed by atoms with Gasteiger partial charge < -0.3 is 20.6 Å². The fourth-order valence-corrected chi connectivity index (χ4v) is 2.82. The Labute approximate surface area is 148 Å². The molecule has 136 valence electrons. The number of benzene rings is 2. The second-order valence-electron chi connectivity index (χ2n) is 5.94. The van der Waals surface area contributed by atoms with Gasteiger partial charge in [0.2, 0.25) is 5.91 Å². The topological polar surface area (TPSA) is 81.7 Å². The summed E-state index contributed by atoms with van der Waals surface area (Å²) in [7, 11) is 0. The van der Waals surface area contributed by atoms with E-state index >= 15 is 0 Å². The van der Waals surface area contributed by atoms with E-state index in [0.717, 1.165) is 6.07 Å². The molecule has 6 nitrogen and oxygen atoms in total. The smallest absolute Gasteiger partial charge is 0.322 e. The number of aliphatic hydroxyl groups excluding tert-OH is 1. The summed E-state index contributed by atoms with van der Waals surface area (Å²) in [5, 5.41) is 14.8. The van der Waals surface area contributed by atoms with Gasteiger partial charge in [-0.2, -0.15) is 0 Å². The van der Waals surface area contributed by atoms with Gasteiger partial charge in [0, 0.05) is 18.7 Å². The van der Waals surface area contributed by atoms with Crippen LogP contribution < -0.4 is 10.6 Å². The van der Waals surface area contributed by atoms with Crippen molar-refractivity contribution in [1.82, 2.24) is 4.90 Å². The highest BCUT2D eigenvalue weighted by Gasteiger charge is 2.39. The Morgan fingerprint density at radius 3 is 2.50 bits per heavy atom. The third kappa shape index (κ3) is 3.80. The summed E-state index contributed by atoms with van der Waals surface area (Å²) in [4.78, 5) is 26.1. The molecule has 0 unspecified atom stereocenters. The lowest BCUT2D eigenvalue weighted by Gasteiger charge is -2.24. The molecule has 1 fully saturated rings. The van der Waals surface area contributed by atoms with Crippen molar-refractivity contribution in [2.45, 2.75) is 18.6 Å². The summed E-state index contributed by atoms with van der Waals surface area (Å²) in [6.07, 6.45) is -0.880. The predicted molar refractivity (Wildman–Crippen MR) is 91.6 cm³/mol. The third-order valence-corrected chi connectivity index (χ3v) is 4.08. The zero-order valence-corrected chi connectivity index (χ0v) is 13.7. The Balaban J connectivity index is 1.73. The van der Waals surface area contributed by atoms with E-state index in [2.05, 4.69) is 10.6 Å². The number of aliphatic hydroxyl groups is 1. The SMILES string of the molecule is O=C(Nc1cccc(F)c1F)[C@@H]1C[C@@H](O)CN1C(=O)Nc1ccccc1. The number of anilines is 2. The number of nitrogens with one attached hydrogen (secondary N) is 2. The minimum absolute atomic E-state index is 0.00494. The summed E-state index contributed by atoms with van der Waals surface area (Å²) in [5.41, 5.74) is 0.217. The molecule has 0 spiro atoms. The van der Waals surface area contributed by atoms with Crippen molar-refractivity contribution in [3.05, 3.63) is 60.2 Å². The molecule has 0 radical (unpaired) electrons. The molecule has 3 amide bonds. The van der Waals surface area contributed by atoms with Gasteiger partial charge in [-0.25, -0.2) is 13.6 Å². The molecule has 2 atom stereocenters. The third-order valence-electron chi connectivity index (χ3n) is 4.08. The van der Waals surface area contributed by atoms with E-state index in [1.54, 1.807) is 30.3 Å². The lowest BCUT2D eigenvalue weighted by atomic mass is 10.1. The van der Waals surface area contributed by atoms with E-state index in [1.807, 2.05) is 0 Å². The van der Waals surface area contributed by atoms with E-state index in [-0.39, 0.29) is 18.7 Å². The van der Waals surface area contributed by atoms with Crippen LogP contribution in [0.5, 0.6) is 0 Å². The number of halogens is 2. The van der Waals surface area contributed by atoms with Crippen molar-refractivity contribution in [3.63, 3.8) is 0 Å². The number of carbonyl (C=O) groups is 2. The first kappa shape index (κ1) is 17.8. The Kier molecular flexibility index (Phi) is 5.13. The molecule has 0 bridgehead atoms. The number of hydrogen-bond donors (Lipinski definition) is 3. The summed E-state index contributed by atoms with van der Waals surface area (Å²) in [5.74, 6) is -2.97. The van der Waals surface area contributed by atoms with Crippen LogP contribution in [0.2, 0.25) is 0 Å². The first-order chi connectivity index (χ1) is 12.5. The highest BCUT2D eigenvalue weighted by molar-refractivity contribution is 5.99. The second kappa shape index (κ2) is 7.49. The Morgan fingerprint density at radius 1 is 1.04 bits per heavy atom. The van der Waals surface area contributed by atoms with Gasteiger partial charge in [-0.05, 0) is 24.3 Å². The summed E-state index contributed by atoms with van der Waals surface area (Å²) in [6, 6.07) is 10.5. The number of para-hydroxylation sites is 1. The average Bonchev–Trinajstić information content (AvgIpc) is 3.02. The van der Waals surface area contributed by atoms with Crippen molar-refractivity contribution in [1.29, 1.82) is 0 Å². The maximum atomic E-state index is 13.7. The molecular formula is C18H17F2N3O3. The van der Waals surface area contributed by atoms with Crippen molar-refractivity contribution in [3.8, 4) is 0 Å². The van der Waals surface area contributed by atoms with Gasteiger partial charge in [-0.3, -0.25) is 4.79 Å². The maximum absolute atomic E-state index is 13.7. The Hall–Kier alpha value is -3.00. The van der Waals surface area contributed by atoms with E-state index in [4.69, 9.17) is 0 Å². The van der Waals surface area contributed by atoms with Crippen LogP contribution in [0.1, 0.15) is 6.42 Å². The van der Waals surface area contributed by atoms with E-state index in [0.29, 0.717) is 5.69 Å². The molecule has 26 heavy (non-hydrogen) atoms. The number of rotatable bonds is 3. The van der Waals surface area contributed by atoms with Crippen molar-refractivity contribution >= 4 is 23.3 Å². The summed E-state index contributed by atoms with van der Waals surface area (Å²) in [6.45, 7) is -0.0393. The largest absolute Gasteiger partial charge is 0.391 e. The number of carbonyl (C=O) groups excluding carboxylic acids is 2. The van der Waals surface area contributed by atoms with E-state index < -0.39 is 35.7 Å². The fraction of sp³-hybridized carbons (Fsp3) is 0.222. The Bertz CT molecular complexity index is 817. The molecule has 0 aliphatic carbocycles. The maximum Gasteiger partial charge on any atom is 0.322 e. The van der Waals surface area contributed by atoms with Crippen LogP contribution in [0.3, 0.4) is 0 Å². The fourth-order valence-electron chi connectivity index (χ4n) is 2.82. The highest BCUT2D eigenvalue weighted by Crippen LogP contribution is 2.23. The molecule has 1 heterocycles. The van der Waals surface area contributed by atoms with Gasteiger partial charge in [-0.1, -0.05) is 24.3 Å². The standard InChI is InChI=1S/C18H17F2N3O3/c19-13-7-4-8-14(16(13)20)22-17(25)15-9-12(24)10-23(15)18(26)21-11-5-2-1-3-6-11/h1-8,12,15,24H,9-10H2,(H,21,26)(H,22,25)/t12-,15+/m1/s1. The zero-order chi connectivity index (χ0) is 18.7. The van der Waals surface area contributed by atoms with Crippen molar-refractivity contribution in [2.24, 2.45) is 0 Å². The molecule has 8 heteroatoms. The molecule has 3 N–H and O–H groups in total. The molecule has 0 aromatic heterocycles. The molecule has 3 rings (SSSR count). The van der Waals surface area contributed by atoms with Crippen LogP contribution in [0, 0.1) is 11.6 Å². The van der Waals surface area contributed by atoms with Gasteiger partial charge in [-0.15, -0.1) is 0 Å². The van der Waals surface area contributed by atoms with Crippen LogP contribution in [-0.2, 0) is 4.79 Å². The minimum atomic E-state index is -1.18. The molecule has 1 aliphatic heterocycles. The normalized spacial score (nSPS) is 19.3. The van der Waals surface area contributed by atoms with Crippen LogP contribution in [0.15, 0.2) is 48.5 Å². The van der Waals surface area contributed by atoms with Gasteiger partial charge in [0.05, 0.1) is 11.8 Å². The first-order valence-corrected chi connectivity index (χ1v) is 8.01. The summed E-state index contributed by atoms with van der Waals surface area (Å²) < 4.78 is 27.0. The van der Waals surface area contributed by atoms with Gasteiger partial charge in [0.1, 0.15) is 6.04 Å². The lowest BCUT2D eigenvalue weighted by Crippen LogP contribution is -2.45. The Morgan fingerprint density at radius 2 is 1.77 bits per heavy atom. The zero-order valence-electron chi connectivity index (χ0n) is 13.7. The van der Waals surface area contributed by atoms with E-state index in [9.17, 15) is 23.5 Å². The molecule has 2 aromatic carbocycles. The van der Waals surface area contributed by atoms with Crippen molar-refractivity contribution < 1.29 is 23.5 Å². The number of amides is 3. The van der Waals surface area contributed by atoms with Crippen molar-refractivity contribution in [2.75, 3.05) is 17.2 Å². The van der Waals surface area contributed by atoms with Crippen LogP contribution >= 0.6 is 0 Å². The highest BCUT2D eigenvalue weighted by atomic mass is 19.2. The van der Waals surface area contributed by atoms with Gasteiger partial charge in [0.25, 0.3) is 0 Å². The number of urea groups is 1. The van der Waals surface area contributed by atoms with Gasteiger partial charge in [0.15, 0.2) is 11.6 Å². The number of β-amino-alcohol motifs (C(OH)–C–C–N with tert-alkyl or cyclic N) is 1. The molecule has 1 aliphatic rings. The van der Waals surface area contributed by atoms with E-state index in [1.165, 1.54) is 17.0 Å². The minimum Gasteiger partial charge on any atom is -0.391 e. The van der Waals surface area contributed by atoms with Gasteiger partial charge >= 0.3 is 6.03 Å². The molecule has 1 saturated heterocycles. The van der Waals surface area contributed by atoms with Crippen LogP contribution in [-0.4, -0.2) is 40.6 Å². The second-order valence-corrected chi connectivity index (χ2v) is 5.94. The average molecular weight is 361 g/mol. The number of hydrogen-bond acceptors (Lipinski definition) is 3. The quantitative estimate of drug-likeness (QED) is 0.786. The summed E-state index contributed by atoms with van der Waals surface area (Å²) >= 11 is 0. The molecule has 2 aromatic rings. The number of likely N-dealkylation sites (tertiary alicyclic amines) is 1. The van der Waals surface area contributed by atoms with Crippen LogP contribution in [0.25, 0.3) is 0 Å². The predicted octanol–water partition coefficient (Wildman–Crippen LogP) is 2.57. The molecular weight excluding hydrogens is 344 g/mol. The molecule has 0 saturated carbocycles. The lowest BCUT2D eigenvalue weighted by molar-refractivity contribution is -0.119. The monoisotopic (exact) mass is 361 g/mol. The number of nitrogens with zero attached hydrogens (tertiary/aromatic N) is 1. The first-order valence-electron chi connectivity index (χ1n) is 8.01.